The lowest BCUT2D eigenvalue weighted by Crippen LogP contribution is -2.33. The minimum absolute atomic E-state index is 0. The summed E-state index contributed by atoms with van der Waals surface area (Å²) in [4.78, 5) is 113. The van der Waals surface area contributed by atoms with Crippen molar-refractivity contribution in [3.63, 3.8) is 0 Å². The van der Waals surface area contributed by atoms with Crippen LogP contribution in [0.3, 0.4) is 0 Å². The zero-order chi connectivity index (χ0) is 71.8. The Balaban J connectivity index is 0. The minimum atomic E-state index is -0.386. The van der Waals surface area contributed by atoms with Crippen LogP contribution in [0.4, 0.5) is 26.7 Å². The number of benzene rings is 5. The highest BCUT2D eigenvalue weighted by molar-refractivity contribution is 6.15. The summed E-state index contributed by atoms with van der Waals surface area (Å²) in [6.07, 6.45) is 4.28. The number of hydrogen-bond acceptors (Lipinski definition) is 15. The van der Waals surface area contributed by atoms with Gasteiger partial charge in [-0.2, -0.15) is 0 Å². The van der Waals surface area contributed by atoms with Crippen molar-refractivity contribution in [3.05, 3.63) is 178 Å². The number of aryl methyl sites for hydroxylation is 3. The summed E-state index contributed by atoms with van der Waals surface area (Å²) in [7, 11) is 0. The number of fused-ring (bicyclic) bond motifs is 3. The fourth-order valence-electron chi connectivity index (χ4n) is 8.13. The molecule has 516 valence electrons. The van der Waals surface area contributed by atoms with E-state index in [9.17, 15) is 28.8 Å². The molecule has 0 spiro atoms. The van der Waals surface area contributed by atoms with Crippen LogP contribution in [0, 0.1) is 20.8 Å². The first kappa shape index (κ1) is 87.3. The van der Waals surface area contributed by atoms with Crippen LogP contribution in [0.15, 0.2) is 148 Å². The van der Waals surface area contributed by atoms with Gasteiger partial charge >= 0.3 is 12.1 Å². The molecule has 22 nitrogen and oxygen atoms in total. The average Bonchev–Trinajstić information content (AvgIpc) is 0.800. The first-order valence-electron chi connectivity index (χ1n) is 31.8. The van der Waals surface area contributed by atoms with E-state index in [0.717, 1.165) is 27.5 Å². The van der Waals surface area contributed by atoms with E-state index in [4.69, 9.17) is 15.3 Å². The number of amides is 7. The van der Waals surface area contributed by atoms with Crippen molar-refractivity contribution in [2.45, 2.75) is 163 Å². The molecule has 8 aromatic rings. The molecule has 5 aromatic carbocycles. The highest BCUT2D eigenvalue weighted by atomic mass is 16.2. The molecule has 9 N–H and O–H groups in total. The highest BCUT2D eigenvalue weighted by Crippen LogP contribution is 2.30. The van der Waals surface area contributed by atoms with Gasteiger partial charge in [0.2, 0.25) is 18.2 Å². The summed E-state index contributed by atoms with van der Waals surface area (Å²) in [5.41, 5.74) is 14.8. The number of hydrogen-bond donors (Lipinski definition) is 8. The number of aromatic nitrogens is 3. The predicted molar refractivity (Wildman–Crippen MR) is 393 cm³/mol. The zero-order valence-corrected chi connectivity index (χ0v) is 58.5. The molecule has 8 rings (SSSR count). The largest absolute Gasteiger partial charge is 0.397 e. The maximum Gasteiger partial charge on any atom is 0.319 e. The van der Waals surface area contributed by atoms with Gasteiger partial charge < -0.3 is 43.0 Å². The Hall–Kier alpha value is -10.8. The number of aliphatic imine (C=N–C) groups is 3. The number of urea groups is 2. The standard InChI is InChI=1S/C22H24N4O2.C17H22N4O2.C14H17N3O.C8H7NO.2C3H5NO.3C2H6.CH4/c1-14(2)24-21(27)19-17-11-7-8-12-18(17)25-15(3)20(19)26-22(28)23-13-16-9-5-4-6-10-16;1-5-18-17(23)21-15-11(4)20-13-9-7-6-8-12(13)14(15)16(22)19-10(2)3;1-8(2)16-14(18)12-10-6-4-5-7-11(10)17-9(3)13(12)15;10-7-9-6-8-4-2-1-3-5-8;2*1-2-4-3-5;3*1-2;/h4-12,14H,13H2,1-3H3,(H,24,27)(H2,23,26,28);6-10H,5H2,1-4H3,(H,19,22)(H2,18,21,23);4-8H,15H2,1-3H3,(H,16,18);1-5H,6H2;2*2H2,1H3;3*1-2H3;1H4. The minimum Gasteiger partial charge on any atom is -0.397 e. The number of isocyanates is 3. The molecule has 3 aromatic heterocycles. The fourth-order valence-corrected chi connectivity index (χ4v) is 8.13. The lowest BCUT2D eigenvalue weighted by molar-refractivity contribution is 0.0936. The zero-order valence-electron chi connectivity index (χ0n) is 58.5. The molecule has 0 aliphatic heterocycles. The molecular formula is C74H102N14O8. The summed E-state index contributed by atoms with van der Waals surface area (Å²) in [5.74, 6) is -0.618. The first-order valence-corrected chi connectivity index (χ1v) is 31.8. The quantitative estimate of drug-likeness (QED) is 0.0351. The van der Waals surface area contributed by atoms with Gasteiger partial charge in [0.25, 0.3) is 17.7 Å². The third-order valence-corrected chi connectivity index (χ3v) is 11.9. The number of nitrogens with zero attached hydrogens (tertiary/aromatic N) is 6. The van der Waals surface area contributed by atoms with Gasteiger partial charge in [-0.25, -0.2) is 38.9 Å². The van der Waals surface area contributed by atoms with Crippen molar-refractivity contribution in [2.75, 3.05) is 36.0 Å². The van der Waals surface area contributed by atoms with Gasteiger partial charge in [-0.3, -0.25) is 29.3 Å². The van der Waals surface area contributed by atoms with Crippen molar-refractivity contribution in [3.8, 4) is 0 Å². The summed E-state index contributed by atoms with van der Waals surface area (Å²) in [6, 6.07) is 40.9. The maximum absolute atomic E-state index is 12.9. The third-order valence-electron chi connectivity index (χ3n) is 11.9. The van der Waals surface area contributed by atoms with Gasteiger partial charge in [0, 0.05) is 60.5 Å². The van der Waals surface area contributed by atoms with Crippen LogP contribution >= 0.6 is 0 Å². The van der Waals surface area contributed by atoms with Gasteiger partial charge in [0.05, 0.1) is 73.9 Å². The number of carbonyl (C=O) groups excluding carboxylic acids is 8. The van der Waals surface area contributed by atoms with Crippen molar-refractivity contribution in [2.24, 2.45) is 15.0 Å². The number of carbonyl (C=O) groups is 5. The summed E-state index contributed by atoms with van der Waals surface area (Å²) < 4.78 is 0. The molecule has 0 fully saturated rings. The molecule has 0 bridgehead atoms. The lowest BCUT2D eigenvalue weighted by Gasteiger charge is -2.17. The van der Waals surface area contributed by atoms with Gasteiger partial charge in [0.1, 0.15) is 0 Å². The second-order valence-corrected chi connectivity index (χ2v) is 20.1. The van der Waals surface area contributed by atoms with Crippen LogP contribution < -0.4 is 43.0 Å². The van der Waals surface area contributed by atoms with Crippen LogP contribution in [0.5, 0.6) is 0 Å². The Morgan fingerprint density at radius 1 is 0.438 bits per heavy atom. The molecule has 0 saturated carbocycles. The number of nitrogens with one attached hydrogen (secondary N) is 7. The molecule has 22 heteroatoms. The molecule has 0 atom stereocenters. The van der Waals surface area contributed by atoms with E-state index in [1.165, 1.54) is 18.2 Å². The van der Waals surface area contributed by atoms with Crippen molar-refractivity contribution >= 4 is 97.8 Å². The van der Waals surface area contributed by atoms with Gasteiger partial charge in [-0.1, -0.05) is 164 Å². The number of nitrogens with two attached hydrogens (primary N) is 1. The van der Waals surface area contributed by atoms with E-state index in [0.29, 0.717) is 99.8 Å². The van der Waals surface area contributed by atoms with Gasteiger partial charge in [-0.15, -0.1) is 0 Å². The number of pyridine rings is 3. The maximum atomic E-state index is 12.9. The Morgan fingerprint density at radius 3 is 1.08 bits per heavy atom. The number of para-hydroxylation sites is 3. The van der Waals surface area contributed by atoms with Crippen LogP contribution in [0.1, 0.15) is 171 Å². The normalized spacial score (nSPS) is 9.39. The Morgan fingerprint density at radius 2 is 0.750 bits per heavy atom. The SMILES string of the molecule is C.CC.CC.CC.CCN=C=O.CCN=C=O.CCNC(=O)Nc1c(C)nc2ccccc2c1C(=O)NC(C)C.Cc1nc2ccccc2c(C(=O)NC(C)C)c1N.Cc1nc2ccccc2c(C(=O)NC(C)C)c1NC(=O)NCc1ccccc1.O=C=NCc1ccccc1. The van der Waals surface area contributed by atoms with Crippen LogP contribution in [-0.2, 0) is 27.5 Å². The van der Waals surface area contributed by atoms with E-state index >= 15 is 0 Å². The molecular weight excluding hydrogens is 1210 g/mol. The number of anilines is 3. The summed E-state index contributed by atoms with van der Waals surface area (Å²) >= 11 is 0. The molecule has 3 heterocycles. The molecule has 0 radical (unpaired) electrons. The van der Waals surface area contributed by atoms with Crippen LogP contribution in [0.2, 0.25) is 0 Å². The smallest absolute Gasteiger partial charge is 0.319 e. The molecule has 0 unspecified atom stereocenters. The van der Waals surface area contributed by atoms with Crippen LogP contribution in [0.25, 0.3) is 32.7 Å². The monoisotopic (exact) mass is 1310 g/mol. The van der Waals surface area contributed by atoms with E-state index in [-0.39, 0.29) is 55.3 Å². The molecule has 96 heavy (non-hydrogen) atoms. The fraction of sp³-hybridized carbons (Fsp3) is 0.365. The van der Waals surface area contributed by atoms with Crippen LogP contribution in [-0.4, -0.2) is 101 Å². The second-order valence-electron chi connectivity index (χ2n) is 20.1. The van der Waals surface area contributed by atoms with E-state index in [1.807, 2.05) is 230 Å². The molecule has 0 aliphatic rings. The van der Waals surface area contributed by atoms with Gasteiger partial charge in [0.15, 0.2) is 0 Å². The lowest BCUT2D eigenvalue weighted by atomic mass is 10.0. The highest BCUT2D eigenvalue weighted by Gasteiger charge is 2.23. The predicted octanol–water partition coefficient (Wildman–Crippen LogP) is 15.0. The third kappa shape index (κ3) is 31.2. The number of rotatable bonds is 15. The van der Waals surface area contributed by atoms with E-state index < -0.39 is 0 Å². The van der Waals surface area contributed by atoms with E-state index in [2.05, 4.69) is 67.1 Å². The topological polar surface area (TPSA) is 323 Å². The summed E-state index contributed by atoms with van der Waals surface area (Å²) in [5, 5.41) is 21.9. The first-order chi connectivity index (χ1) is 45.7. The van der Waals surface area contributed by atoms with Crippen molar-refractivity contribution in [1.29, 1.82) is 0 Å². The van der Waals surface area contributed by atoms with E-state index in [1.54, 1.807) is 27.7 Å². The Labute approximate surface area is 567 Å². The second kappa shape index (κ2) is 50.7. The van der Waals surface area contributed by atoms with Gasteiger partial charge in [-0.05, 0) is 112 Å². The van der Waals surface area contributed by atoms with Crippen molar-refractivity contribution in [1.82, 2.24) is 41.5 Å². The molecule has 0 saturated heterocycles. The molecule has 7 amide bonds. The average molecular weight is 1320 g/mol. The summed E-state index contributed by atoms with van der Waals surface area (Å²) in [6.45, 7) is 36.6. The van der Waals surface area contributed by atoms with Crippen molar-refractivity contribution < 1.29 is 38.4 Å². The molecule has 0 aliphatic carbocycles. The Bertz CT molecular complexity index is 3770. The Kier molecular flexibility index (Phi) is 46.1. The number of nitrogen functional groups attached to an aromatic ring is 1.